The number of pyridine rings is 1. The number of imidazole rings is 1. The zero-order chi connectivity index (χ0) is 17.9. The van der Waals surface area contributed by atoms with Gasteiger partial charge in [-0.1, -0.05) is 37.3 Å². The lowest BCUT2D eigenvalue weighted by atomic mass is 10.1. The van der Waals surface area contributed by atoms with E-state index in [9.17, 15) is 4.79 Å². The molecule has 26 heavy (non-hydrogen) atoms. The predicted octanol–water partition coefficient (Wildman–Crippen LogP) is 4.20. The Morgan fingerprint density at radius 3 is 2.77 bits per heavy atom. The minimum Gasteiger partial charge on any atom is -0.307 e. The van der Waals surface area contributed by atoms with E-state index in [0.29, 0.717) is 5.13 Å². The first-order chi connectivity index (χ1) is 12.7. The molecule has 0 unspecified atom stereocenters. The summed E-state index contributed by atoms with van der Waals surface area (Å²) in [6.07, 6.45) is 5.03. The molecule has 3 heterocycles. The van der Waals surface area contributed by atoms with Gasteiger partial charge in [-0.05, 0) is 24.1 Å². The Labute approximate surface area is 155 Å². The highest BCUT2D eigenvalue weighted by molar-refractivity contribution is 7.14. The summed E-state index contributed by atoms with van der Waals surface area (Å²) in [7, 11) is 0. The van der Waals surface area contributed by atoms with Crippen molar-refractivity contribution in [2.24, 2.45) is 0 Å². The van der Waals surface area contributed by atoms with Crippen molar-refractivity contribution in [3.8, 4) is 11.3 Å². The highest BCUT2D eigenvalue weighted by atomic mass is 32.1. The number of fused-ring (bicyclic) bond motifs is 1. The van der Waals surface area contributed by atoms with Gasteiger partial charge in [-0.25, -0.2) is 9.97 Å². The van der Waals surface area contributed by atoms with Crippen molar-refractivity contribution >= 4 is 28.0 Å². The van der Waals surface area contributed by atoms with E-state index in [1.54, 1.807) is 0 Å². The molecule has 0 radical (unpaired) electrons. The third-order valence-corrected chi connectivity index (χ3v) is 4.92. The molecule has 0 aliphatic heterocycles. The molecule has 0 fully saturated rings. The summed E-state index contributed by atoms with van der Waals surface area (Å²) in [4.78, 5) is 21.3. The molecule has 1 aromatic carbocycles. The van der Waals surface area contributed by atoms with Crippen LogP contribution in [-0.4, -0.2) is 20.3 Å². The summed E-state index contributed by atoms with van der Waals surface area (Å²) in [5.41, 5.74) is 4.80. The lowest BCUT2D eigenvalue weighted by Crippen LogP contribution is -2.14. The maximum absolute atomic E-state index is 12.3. The molecule has 1 amide bonds. The van der Waals surface area contributed by atoms with Crippen LogP contribution in [0.25, 0.3) is 16.9 Å². The maximum Gasteiger partial charge on any atom is 0.232 e. The molecule has 0 bridgehead atoms. The van der Waals surface area contributed by atoms with E-state index >= 15 is 0 Å². The second-order valence-corrected chi connectivity index (χ2v) is 6.87. The first-order valence-electron chi connectivity index (χ1n) is 8.48. The van der Waals surface area contributed by atoms with Crippen LogP contribution in [0.15, 0.2) is 60.2 Å². The van der Waals surface area contributed by atoms with Crippen molar-refractivity contribution in [3.05, 3.63) is 71.5 Å². The average Bonchev–Trinajstić information content (AvgIpc) is 3.28. The molecule has 5 nitrogen and oxygen atoms in total. The van der Waals surface area contributed by atoms with Gasteiger partial charge in [0.2, 0.25) is 5.91 Å². The minimum absolute atomic E-state index is 0.115. The van der Waals surface area contributed by atoms with E-state index < -0.39 is 0 Å². The van der Waals surface area contributed by atoms with Gasteiger partial charge in [0.15, 0.2) is 5.13 Å². The number of hydrogen-bond acceptors (Lipinski definition) is 4. The zero-order valence-electron chi connectivity index (χ0n) is 14.3. The standard InChI is InChI=1S/C20H18N4OS/c1-2-14-6-8-15(9-7-14)17-13-26-20(22-17)23-19(25)11-16-12-24-10-4-3-5-18(24)21-16/h3-10,12-13H,2,11H2,1H3,(H,22,23,25). The number of benzene rings is 1. The third kappa shape index (κ3) is 3.50. The normalized spacial score (nSPS) is 11.0. The molecule has 3 aromatic heterocycles. The Morgan fingerprint density at radius 2 is 2.00 bits per heavy atom. The molecular weight excluding hydrogens is 344 g/mol. The van der Waals surface area contributed by atoms with E-state index in [2.05, 4.69) is 46.5 Å². The number of carbonyl (C=O) groups is 1. The number of nitrogens with one attached hydrogen (secondary N) is 1. The molecule has 4 rings (SSSR count). The second-order valence-electron chi connectivity index (χ2n) is 6.01. The first-order valence-corrected chi connectivity index (χ1v) is 9.36. The monoisotopic (exact) mass is 362 g/mol. The quantitative estimate of drug-likeness (QED) is 0.579. The highest BCUT2D eigenvalue weighted by Gasteiger charge is 2.11. The average molecular weight is 362 g/mol. The van der Waals surface area contributed by atoms with Crippen LogP contribution >= 0.6 is 11.3 Å². The summed E-state index contributed by atoms with van der Waals surface area (Å²) >= 11 is 1.43. The van der Waals surface area contributed by atoms with E-state index in [-0.39, 0.29) is 12.3 Å². The number of hydrogen-bond donors (Lipinski definition) is 1. The summed E-state index contributed by atoms with van der Waals surface area (Å²) in [5, 5.41) is 5.43. The van der Waals surface area contributed by atoms with Gasteiger partial charge in [-0.3, -0.25) is 4.79 Å². The van der Waals surface area contributed by atoms with Crippen molar-refractivity contribution in [2.45, 2.75) is 19.8 Å². The summed E-state index contributed by atoms with van der Waals surface area (Å²) in [6, 6.07) is 14.1. The number of nitrogens with zero attached hydrogens (tertiary/aromatic N) is 3. The SMILES string of the molecule is CCc1ccc(-c2csc(NC(=O)Cc3cn4ccccc4n3)n2)cc1. The van der Waals surface area contributed by atoms with Gasteiger partial charge in [0, 0.05) is 23.3 Å². The molecule has 0 aliphatic carbocycles. The zero-order valence-corrected chi connectivity index (χ0v) is 15.2. The predicted molar refractivity (Wildman–Crippen MR) is 104 cm³/mol. The van der Waals surface area contributed by atoms with Gasteiger partial charge >= 0.3 is 0 Å². The molecule has 0 aliphatic rings. The largest absolute Gasteiger partial charge is 0.307 e. The molecular formula is C20H18N4OS. The molecule has 6 heteroatoms. The van der Waals surface area contributed by atoms with Crippen molar-refractivity contribution in [1.82, 2.24) is 14.4 Å². The molecule has 0 atom stereocenters. The highest BCUT2D eigenvalue weighted by Crippen LogP contribution is 2.25. The fraction of sp³-hybridized carbons (Fsp3) is 0.150. The van der Waals surface area contributed by atoms with Crippen molar-refractivity contribution in [3.63, 3.8) is 0 Å². The van der Waals surface area contributed by atoms with Gasteiger partial charge in [0.05, 0.1) is 17.8 Å². The summed E-state index contributed by atoms with van der Waals surface area (Å²) in [6.45, 7) is 2.13. The number of aryl methyl sites for hydroxylation is 1. The Balaban J connectivity index is 1.43. The fourth-order valence-electron chi connectivity index (χ4n) is 2.78. The Hall–Kier alpha value is -2.99. The second kappa shape index (κ2) is 7.09. The Bertz CT molecular complexity index is 1020. The van der Waals surface area contributed by atoms with Crippen LogP contribution in [-0.2, 0) is 17.6 Å². The van der Waals surface area contributed by atoms with Crippen LogP contribution in [0.2, 0.25) is 0 Å². The molecule has 0 saturated heterocycles. The molecule has 4 aromatic rings. The lowest BCUT2D eigenvalue weighted by Gasteiger charge is -2.00. The van der Waals surface area contributed by atoms with Gasteiger partial charge in [0.25, 0.3) is 0 Å². The minimum atomic E-state index is -0.115. The lowest BCUT2D eigenvalue weighted by molar-refractivity contribution is -0.115. The van der Waals surface area contributed by atoms with Crippen LogP contribution in [0.5, 0.6) is 0 Å². The van der Waals surface area contributed by atoms with E-state index in [1.165, 1.54) is 16.9 Å². The first kappa shape index (κ1) is 16.5. The maximum atomic E-state index is 12.3. The van der Waals surface area contributed by atoms with Crippen LogP contribution < -0.4 is 5.32 Å². The van der Waals surface area contributed by atoms with Crippen LogP contribution in [0.1, 0.15) is 18.2 Å². The number of rotatable bonds is 5. The Kier molecular flexibility index (Phi) is 4.50. The summed E-state index contributed by atoms with van der Waals surface area (Å²) < 4.78 is 1.91. The van der Waals surface area contributed by atoms with Crippen LogP contribution in [0, 0.1) is 0 Å². The number of anilines is 1. The molecule has 130 valence electrons. The van der Waals surface area contributed by atoms with Crippen LogP contribution in [0.4, 0.5) is 5.13 Å². The van der Waals surface area contributed by atoms with Gasteiger partial charge in [-0.2, -0.15) is 0 Å². The van der Waals surface area contributed by atoms with Crippen molar-refractivity contribution in [2.75, 3.05) is 5.32 Å². The molecule has 1 N–H and O–H groups in total. The van der Waals surface area contributed by atoms with Crippen molar-refractivity contribution < 1.29 is 4.79 Å². The van der Waals surface area contributed by atoms with Crippen molar-refractivity contribution in [1.29, 1.82) is 0 Å². The van der Waals surface area contributed by atoms with E-state index in [1.807, 2.05) is 40.4 Å². The molecule has 0 spiro atoms. The van der Waals surface area contributed by atoms with E-state index in [0.717, 1.165) is 29.0 Å². The van der Waals surface area contributed by atoms with E-state index in [4.69, 9.17) is 0 Å². The summed E-state index contributed by atoms with van der Waals surface area (Å²) in [5.74, 6) is -0.115. The van der Waals surface area contributed by atoms with Crippen LogP contribution in [0.3, 0.4) is 0 Å². The number of thiazole rings is 1. The molecule has 0 saturated carbocycles. The number of carbonyl (C=O) groups excluding carboxylic acids is 1. The Morgan fingerprint density at radius 1 is 1.15 bits per heavy atom. The van der Waals surface area contributed by atoms with Gasteiger partial charge in [0.1, 0.15) is 5.65 Å². The number of aromatic nitrogens is 3. The van der Waals surface area contributed by atoms with Gasteiger partial charge in [-0.15, -0.1) is 11.3 Å². The fourth-order valence-corrected chi connectivity index (χ4v) is 3.51. The van der Waals surface area contributed by atoms with Gasteiger partial charge < -0.3 is 9.72 Å². The number of amides is 1. The third-order valence-electron chi connectivity index (χ3n) is 4.16. The smallest absolute Gasteiger partial charge is 0.232 e. The topological polar surface area (TPSA) is 59.3 Å².